The molecule has 3 nitrogen and oxygen atoms in total. The Labute approximate surface area is 390 Å². The fraction of sp³-hybridized carbons (Fsp3) is 0. The number of rotatable bonds is 9. The molecule has 0 N–H and O–H groups in total. The SMILES string of the molecule is c1ccc(-c2cc(-c3ccccc3)cc(-c3cc(-c4ccc(-c5cccc6c5cc(-c5ccccc5)n5nc(-c7ccccc7)c(-c7ccccc7)c65)cc4)cc(-c4ccccc4)n3)c2)cc1. The molecule has 9 aromatic carbocycles. The van der Waals surface area contributed by atoms with E-state index in [1.54, 1.807) is 0 Å². The first-order valence-electron chi connectivity index (χ1n) is 22.8. The van der Waals surface area contributed by atoms with Gasteiger partial charge in [0.2, 0.25) is 0 Å². The van der Waals surface area contributed by atoms with E-state index in [0.717, 1.165) is 100 Å². The average molecular weight is 854 g/mol. The zero-order chi connectivity index (χ0) is 44.5. The van der Waals surface area contributed by atoms with Crippen LogP contribution in [0.1, 0.15) is 0 Å². The molecule has 314 valence electrons. The zero-order valence-corrected chi connectivity index (χ0v) is 36.7. The molecule has 0 fully saturated rings. The van der Waals surface area contributed by atoms with Crippen molar-refractivity contribution in [3.8, 4) is 101 Å². The Morgan fingerprint density at radius 1 is 0.269 bits per heavy atom. The Hall–Kier alpha value is -8.92. The molecule has 0 spiro atoms. The third kappa shape index (κ3) is 7.59. The van der Waals surface area contributed by atoms with Gasteiger partial charge in [-0.2, -0.15) is 5.10 Å². The number of nitrogens with zero attached hydrogens (tertiary/aromatic N) is 3. The fourth-order valence-corrected chi connectivity index (χ4v) is 9.52. The van der Waals surface area contributed by atoms with Gasteiger partial charge in [-0.1, -0.05) is 224 Å². The average Bonchev–Trinajstić information content (AvgIpc) is 3.83. The molecular formula is C64H43N3. The van der Waals surface area contributed by atoms with Crippen molar-refractivity contribution in [3.05, 3.63) is 261 Å². The van der Waals surface area contributed by atoms with Gasteiger partial charge in [0, 0.05) is 33.2 Å². The molecule has 0 aliphatic carbocycles. The molecule has 12 aromatic rings. The van der Waals surface area contributed by atoms with Crippen LogP contribution in [0.2, 0.25) is 0 Å². The minimum absolute atomic E-state index is 0.923. The molecular weight excluding hydrogens is 811 g/mol. The molecule has 0 aliphatic heterocycles. The van der Waals surface area contributed by atoms with Crippen molar-refractivity contribution >= 4 is 16.3 Å². The molecule has 0 bridgehead atoms. The van der Waals surface area contributed by atoms with Crippen LogP contribution in [0.15, 0.2) is 261 Å². The van der Waals surface area contributed by atoms with E-state index in [-0.39, 0.29) is 0 Å². The first-order chi connectivity index (χ1) is 33.2. The normalized spacial score (nSPS) is 11.3. The first-order valence-corrected chi connectivity index (χ1v) is 22.8. The summed E-state index contributed by atoms with van der Waals surface area (Å²) < 4.78 is 2.17. The van der Waals surface area contributed by atoms with Gasteiger partial charge >= 0.3 is 0 Å². The summed E-state index contributed by atoms with van der Waals surface area (Å²) in [6, 6.07) is 93.0. The monoisotopic (exact) mass is 853 g/mol. The highest BCUT2D eigenvalue weighted by Gasteiger charge is 2.23. The Bertz CT molecular complexity index is 3620. The van der Waals surface area contributed by atoms with Crippen LogP contribution < -0.4 is 0 Å². The predicted octanol–water partition coefficient (Wildman–Crippen LogP) is 16.9. The molecule has 67 heavy (non-hydrogen) atoms. The Balaban J connectivity index is 1.02. The molecule has 0 atom stereocenters. The zero-order valence-electron chi connectivity index (χ0n) is 36.7. The minimum atomic E-state index is 0.923. The second kappa shape index (κ2) is 17.2. The van der Waals surface area contributed by atoms with Crippen LogP contribution in [0.25, 0.3) is 117 Å². The van der Waals surface area contributed by atoms with Crippen molar-refractivity contribution in [1.29, 1.82) is 0 Å². The van der Waals surface area contributed by atoms with E-state index < -0.39 is 0 Å². The maximum Gasteiger partial charge on any atom is 0.101 e. The van der Waals surface area contributed by atoms with Crippen molar-refractivity contribution in [2.45, 2.75) is 0 Å². The summed E-state index contributed by atoms with van der Waals surface area (Å²) in [7, 11) is 0. The third-order valence-corrected chi connectivity index (χ3v) is 12.8. The summed E-state index contributed by atoms with van der Waals surface area (Å²) in [6.45, 7) is 0. The maximum atomic E-state index is 5.44. The Morgan fingerprint density at radius 2 is 0.701 bits per heavy atom. The van der Waals surface area contributed by atoms with E-state index in [9.17, 15) is 0 Å². The van der Waals surface area contributed by atoms with Gasteiger partial charge in [0.1, 0.15) is 5.69 Å². The van der Waals surface area contributed by atoms with Crippen LogP contribution >= 0.6 is 0 Å². The van der Waals surface area contributed by atoms with Gasteiger partial charge < -0.3 is 0 Å². The molecule has 3 aromatic heterocycles. The van der Waals surface area contributed by atoms with E-state index in [2.05, 4.69) is 265 Å². The van der Waals surface area contributed by atoms with Crippen molar-refractivity contribution in [2.75, 3.05) is 0 Å². The number of pyridine rings is 2. The highest BCUT2D eigenvalue weighted by molar-refractivity contribution is 6.12. The number of hydrogen-bond donors (Lipinski definition) is 0. The van der Waals surface area contributed by atoms with Gasteiger partial charge in [0.15, 0.2) is 0 Å². The number of hydrogen-bond acceptors (Lipinski definition) is 2. The molecule has 0 unspecified atom stereocenters. The smallest absolute Gasteiger partial charge is 0.101 e. The molecule has 0 aliphatic rings. The van der Waals surface area contributed by atoms with Crippen molar-refractivity contribution in [1.82, 2.24) is 14.6 Å². The van der Waals surface area contributed by atoms with Crippen LogP contribution in [-0.2, 0) is 0 Å². The molecule has 0 radical (unpaired) electrons. The lowest BCUT2D eigenvalue weighted by Gasteiger charge is -2.15. The molecule has 0 saturated carbocycles. The molecule has 3 heterocycles. The van der Waals surface area contributed by atoms with Gasteiger partial charge in [-0.15, -0.1) is 0 Å². The summed E-state index contributed by atoms with van der Waals surface area (Å²) in [4.78, 5) is 5.37. The first kappa shape index (κ1) is 39.7. The van der Waals surface area contributed by atoms with E-state index >= 15 is 0 Å². The fourth-order valence-electron chi connectivity index (χ4n) is 9.52. The lowest BCUT2D eigenvalue weighted by atomic mass is 9.92. The summed E-state index contributed by atoms with van der Waals surface area (Å²) in [5.74, 6) is 0. The molecule has 12 rings (SSSR count). The molecule has 0 saturated heterocycles. The summed E-state index contributed by atoms with van der Waals surface area (Å²) >= 11 is 0. The van der Waals surface area contributed by atoms with E-state index in [0.29, 0.717) is 0 Å². The van der Waals surface area contributed by atoms with Crippen LogP contribution in [0, 0.1) is 0 Å². The topological polar surface area (TPSA) is 30.2 Å². The Kier molecular flexibility index (Phi) is 10.2. The number of aromatic nitrogens is 3. The van der Waals surface area contributed by atoms with Gasteiger partial charge in [0.25, 0.3) is 0 Å². The quantitative estimate of drug-likeness (QED) is 0.145. The third-order valence-electron chi connectivity index (χ3n) is 12.8. The van der Waals surface area contributed by atoms with Crippen LogP contribution in [-0.4, -0.2) is 14.6 Å². The Morgan fingerprint density at radius 3 is 1.27 bits per heavy atom. The van der Waals surface area contributed by atoms with Crippen LogP contribution in [0.5, 0.6) is 0 Å². The van der Waals surface area contributed by atoms with Gasteiger partial charge in [0.05, 0.1) is 22.6 Å². The minimum Gasteiger partial charge on any atom is -0.248 e. The van der Waals surface area contributed by atoms with Crippen LogP contribution in [0.4, 0.5) is 0 Å². The number of benzene rings is 9. The standard InChI is InChI=1S/C64H43N3/c1-7-20-44(21-8-1)52-38-53(45-22-9-2-10-23-45)40-55(39-52)60-42-54(41-59(65-60)48-24-11-3-12-25-48)46-34-36-47(37-35-46)56-32-19-33-57-58(56)43-61(49-26-13-4-14-27-49)67-64(57)62(50-28-15-5-16-29-50)63(66-67)51-30-17-6-18-31-51/h1-43H. The van der Waals surface area contributed by atoms with Crippen molar-refractivity contribution in [3.63, 3.8) is 0 Å². The van der Waals surface area contributed by atoms with Crippen molar-refractivity contribution < 1.29 is 0 Å². The number of fused-ring (bicyclic) bond motifs is 3. The summed E-state index contributed by atoms with van der Waals surface area (Å²) in [6.07, 6.45) is 0. The van der Waals surface area contributed by atoms with Gasteiger partial charge in [-0.05, 0) is 91.9 Å². The lowest BCUT2D eigenvalue weighted by molar-refractivity contribution is 0.979. The predicted molar refractivity (Wildman–Crippen MR) is 279 cm³/mol. The van der Waals surface area contributed by atoms with Gasteiger partial charge in [-0.3, -0.25) is 0 Å². The highest BCUT2D eigenvalue weighted by atomic mass is 15.2. The van der Waals surface area contributed by atoms with E-state index in [1.807, 2.05) is 0 Å². The van der Waals surface area contributed by atoms with Crippen molar-refractivity contribution in [2.24, 2.45) is 0 Å². The second-order valence-electron chi connectivity index (χ2n) is 17.0. The highest BCUT2D eigenvalue weighted by Crippen LogP contribution is 2.43. The molecule has 3 heteroatoms. The summed E-state index contributed by atoms with van der Waals surface area (Å²) in [5.41, 5.74) is 20.7. The summed E-state index contributed by atoms with van der Waals surface area (Å²) in [5, 5.41) is 7.76. The van der Waals surface area contributed by atoms with E-state index in [1.165, 1.54) is 16.5 Å². The van der Waals surface area contributed by atoms with Gasteiger partial charge in [-0.25, -0.2) is 9.50 Å². The lowest BCUT2D eigenvalue weighted by Crippen LogP contribution is -1.96. The second-order valence-corrected chi connectivity index (χ2v) is 17.0. The molecule has 0 amide bonds. The van der Waals surface area contributed by atoms with E-state index in [4.69, 9.17) is 10.1 Å². The van der Waals surface area contributed by atoms with Crippen LogP contribution in [0.3, 0.4) is 0 Å². The maximum absolute atomic E-state index is 5.44. The largest absolute Gasteiger partial charge is 0.248 e.